The highest BCUT2D eigenvalue weighted by molar-refractivity contribution is 8.00. The van der Waals surface area contributed by atoms with Crippen LogP contribution in [0, 0.1) is 12.7 Å². The molecule has 1 unspecified atom stereocenters. The topological polar surface area (TPSA) is 67.2 Å². The Morgan fingerprint density at radius 2 is 1.74 bits per heavy atom. The van der Waals surface area contributed by atoms with Gasteiger partial charge in [0.25, 0.3) is 0 Å². The van der Waals surface area contributed by atoms with Gasteiger partial charge in [0.1, 0.15) is 18.2 Å². The zero-order valence-corrected chi connectivity index (χ0v) is 21.7. The Morgan fingerprint density at radius 1 is 1.03 bits per heavy atom. The number of halogens is 1. The fourth-order valence-electron chi connectivity index (χ4n) is 4.86. The van der Waals surface area contributed by atoms with Gasteiger partial charge in [-0.25, -0.2) is 9.07 Å². The predicted molar refractivity (Wildman–Crippen MR) is 148 cm³/mol. The summed E-state index contributed by atoms with van der Waals surface area (Å²) in [5, 5.41) is 7.84. The van der Waals surface area contributed by atoms with Crippen LogP contribution in [0.5, 0.6) is 0 Å². The lowest BCUT2D eigenvalue weighted by molar-refractivity contribution is -0.123. The Morgan fingerprint density at radius 3 is 2.45 bits per heavy atom. The Kier molecular flexibility index (Phi) is 6.49. The number of rotatable bonds is 6. The van der Waals surface area contributed by atoms with E-state index in [2.05, 4.69) is 24.4 Å². The van der Waals surface area contributed by atoms with Crippen LogP contribution >= 0.6 is 11.8 Å². The van der Waals surface area contributed by atoms with Gasteiger partial charge in [-0.2, -0.15) is 5.10 Å². The first-order valence-corrected chi connectivity index (χ1v) is 13.8. The van der Waals surface area contributed by atoms with Crippen molar-refractivity contribution in [3.63, 3.8) is 0 Å². The van der Waals surface area contributed by atoms with E-state index in [9.17, 15) is 14.0 Å². The number of nitrogens with one attached hydrogen (secondary N) is 1. The number of nitrogens with zero attached hydrogens (tertiary/aromatic N) is 3. The average molecular weight is 527 g/mol. The molecule has 1 fully saturated rings. The number of fused-ring (bicyclic) bond motifs is 1. The summed E-state index contributed by atoms with van der Waals surface area (Å²) in [6.07, 6.45) is 1.92. The summed E-state index contributed by atoms with van der Waals surface area (Å²) in [4.78, 5) is 28.3. The van der Waals surface area contributed by atoms with Crippen LogP contribution in [-0.2, 0) is 9.59 Å². The number of thioether (sulfide) groups is 1. The summed E-state index contributed by atoms with van der Waals surface area (Å²) in [6, 6.07) is 24.2. The first-order valence-electron chi connectivity index (χ1n) is 12.7. The molecule has 1 atom stereocenters. The molecule has 1 aliphatic heterocycles. The Hall–Kier alpha value is -3.91. The van der Waals surface area contributed by atoms with Crippen LogP contribution in [0.25, 0.3) is 16.9 Å². The molecule has 3 aromatic carbocycles. The minimum Gasteiger partial charge on any atom is -0.352 e. The zero-order chi connectivity index (χ0) is 26.2. The molecule has 1 aliphatic carbocycles. The molecular formula is C30H27FN4O2S. The molecule has 38 heavy (non-hydrogen) atoms. The van der Waals surface area contributed by atoms with Gasteiger partial charge in [0, 0.05) is 17.2 Å². The summed E-state index contributed by atoms with van der Waals surface area (Å²) in [7, 11) is 0. The number of aryl methyl sites for hydroxylation is 1. The van der Waals surface area contributed by atoms with Crippen molar-refractivity contribution in [2.24, 2.45) is 0 Å². The van der Waals surface area contributed by atoms with Crippen LogP contribution in [-0.4, -0.2) is 39.9 Å². The first kappa shape index (κ1) is 24.4. The summed E-state index contributed by atoms with van der Waals surface area (Å²) < 4.78 is 15.6. The van der Waals surface area contributed by atoms with Gasteiger partial charge in [0.2, 0.25) is 11.8 Å². The molecule has 1 N–H and O–H groups in total. The van der Waals surface area contributed by atoms with Gasteiger partial charge < -0.3 is 5.32 Å². The zero-order valence-electron chi connectivity index (χ0n) is 20.9. The van der Waals surface area contributed by atoms with E-state index in [4.69, 9.17) is 5.10 Å². The number of hydrogen-bond donors (Lipinski definition) is 1. The second-order valence-corrected chi connectivity index (χ2v) is 10.8. The normalized spacial score (nSPS) is 17.2. The second kappa shape index (κ2) is 10.1. The number of amides is 2. The molecule has 6 rings (SSSR count). The van der Waals surface area contributed by atoms with Crippen molar-refractivity contribution >= 4 is 29.4 Å². The van der Waals surface area contributed by atoms with Crippen LogP contribution < -0.4 is 10.2 Å². The van der Waals surface area contributed by atoms with Gasteiger partial charge in [-0.1, -0.05) is 54.6 Å². The number of carbonyl (C=O) groups excluding carboxylic acids is 2. The molecule has 1 saturated carbocycles. The third-order valence-electron chi connectivity index (χ3n) is 6.92. The number of anilines is 1. The molecule has 0 radical (unpaired) electrons. The minimum atomic E-state index is -0.361. The van der Waals surface area contributed by atoms with E-state index in [1.807, 2.05) is 42.5 Å². The molecule has 2 amide bonds. The maximum absolute atomic E-state index is 13.9. The molecule has 0 spiro atoms. The van der Waals surface area contributed by atoms with Crippen molar-refractivity contribution in [2.45, 2.75) is 31.1 Å². The monoisotopic (exact) mass is 526 g/mol. The number of hydrogen-bond acceptors (Lipinski definition) is 4. The third kappa shape index (κ3) is 4.72. The highest BCUT2D eigenvalue weighted by Crippen LogP contribution is 2.49. The summed E-state index contributed by atoms with van der Waals surface area (Å²) in [5.41, 5.74) is 5.31. The number of carbonyl (C=O) groups is 2. The SMILES string of the molecule is Cc1ccccc1C1SCC(=O)N(CC(=O)NC2CC2)c2c1c(-c1ccccc1)nn2-c1ccc(F)cc1. The van der Waals surface area contributed by atoms with E-state index in [-0.39, 0.29) is 41.2 Å². The van der Waals surface area contributed by atoms with Gasteiger partial charge in [-0.3, -0.25) is 14.5 Å². The van der Waals surface area contributed by atoms with E-state index in [1.54, 1.807) is 33.5 Å². The maximum atomic E-state index is 13.9. The highest BCUT2D eigenvalue weighted by Gasteiger charge is 2.38. The van der Waals surface area contributed by atoms with Crippen LogP contribution in [0.4, 0.5) is 10.2 Å². The fourth-order valence-corrected chi connectivity index (χ4v) is 6.15. The Bertz CT molecular complexity index is 1500. The van der Waals surface area contributed by atoms with Gasteiger partial charge >= 0.3 is 0 Å². The van der Waals surface area contributed by atoms with E-state index < -0.39 is 0 Å². The second-order valence-electron chi connectivity index (χ2n) is 9.71. The van der Waals surface area contributed by atoms with Crippen molar-refractivity contribution in [2.75, 3.05) is 17.2 Å². The molecule has 0 bridgehead atoms. The van der Waals surface area contributed by atoms with Gasteiger partial charge in [0.15, 0.2) is 0 Å². The number of benzene rings is 3. The largest absolute Gasteiger partial charge is 0.352 e. The predicted octanol–water partition coefficient (Wildman–Crippen LogP) is 5.43. The van der Waals surface area contributed by atoms with E-state index in [1.165, 1.54) is 12.1 Å². The van der Waals surface area contributed by atoms with Gasteiger partial charge in [0.05, 0.1) is 22.4 Å². The molecule has 2 heterocycles. The lowest BCUT2D eigenvalue weighted by Gasteiger charge is -2.23. The van der Waals surface area contributed by atoms with E-state index in [0.717, 1.165) is 40.8 Å². The molecule has 1 aromatic heterocycles. The molecule has 8 heteroatoms. The summed E-state index contributed by atoms with van der Waals surface area (Å²) in [6.45, 7) is 1.96. The van der Waals surface area contributed by atoms with E-state index >= 15 is 0 Å². The molecule has 192 valence electrons. The Labute approximate surface area is 224 Å². The van der Waals surface area contributed by atoms with Crippen molar-refractivity contribution in [1.82, 2.24) is 15.1 Å². The van der Waals surface area contributed by atoms with Crippen LogP contribution in [0.1, 0.15) is 34.8 Å². The Balaban J connectivity index is 1.61. The van der Waals surface area contributed by atoms with Crippen LogP contribution in [0.3, 0.4) is 0 Å². The first-order chi connectivity index (χ1) is 18.5. The molecule has 0 saturated heterocycles. The quantitative estimate of drug-likeness (QED) is 0.364. The van der Waals surface area contributed by atoms with Crippen LogP contribution in [0.15, 0.2) is 78.9 Å². The molecule has 4 aromatic rings. The summed E-state index contributed by atoms with van der Waals surface area (Å²) in [5.74, 6) is 0.0348. The number of aromatic nitrogens is 2. The van der Waals surface area contributed by atoms with Gasteiger partial charge in [-0.15, -0.1) is 11.8 Å². The van der Waals surface area contributed by atoms with E-state index in [0.29, 0.717) is 11.5 Å². The lowest BCUT2D eigenvalue weighted by atomic mass is 9.97. The van der Waals surface area contributed by atoms with Crippen molar-refractivity contribution in [3.8, 4) is 16.9 Å². The molecular weight excluding hydrogens is 499 g/mol. The average Bonchev–Trinajstić information content (AvgIpc) is 3.68. The van der Waals surface area contributed by atoms with Crippen molar-refractivity contribution in [1.29, 1.82) is 0 Å². The standard InChI is InChI=1S/C30H27FN4O2S/c1-19-7-5-6-10-24(19)29-27-28(20-8-3-2-4-9-20)33-35(23-15-11-21(31)12-16-23)30(27)34(26(37)18-38-29)17-25(36)32-22-13-14-22/h2-12,15-16,22,29H,13-14,17-18H2,1H3,(H,32,36). The van der Waals surface area contributed by atoms with Crippen LogP contribution in [0.2, 0.25) is 0 Å². The van der Waals surface area contributed by atoms with Gasteiger partial charge in [-0.05, 0) is 55.2 Å². The molecule has 2 aliphatic rings. The minimum absolute atomic E-state index is 0.107. The third-order valence-corrected chi connectivity index (χ3v) is 8.16. The van der Waals surface area contributed by atoms with Crippen molar-refractivity contribution in [3.05, 3.63) is 101 Å². The lowest BCUT2D eigenvalue weighted by Crippen LogP contribution is -2.43. The smallest absolute Gasteiger partial charge is 0.240 e. The summed E-state index contributed by atoms with van der Waals surface area (Å²) >= 11 is 1.54. The highest BCUT2D eigenvalue weighted by atomic mass is 32.2. The maximum Gasteiger partial charge on any atom is 0.240 e. The molecule has 6 nitrogen and oxygen atoms in total. The van der Waals surface area contributed by atoms with Crippen molar-refractivity contribution < 1.29 is 14.0 Å². The fraction of sp³-hybridized carbons (Fsp3) is 0.233.